The smallest absolute Gasteiger partial charge is 0.257 e. The Labute approximate surface area is 139 Å². The number of carbonyl (C=O) groups excluding carboxylic acids is 1. The molecular weight excluding hydrogens is 308 g/mol. The van der Waals surface area contributed by atoms with Crippen LogP contribution in [0.4, 0.5) is 5.69 Å². The average molecular weight is 326 g/mol. The van der Waals surface area contributed by atoms with Crippen LogP contribution in [0, 0.1) is 0 Å². The second-order valence-corrected chi connectivity index (χ2v) is 5.76. The molecule has 2 heterocycles. The van der Waals surface area contributed by atoms with Crippen LogP contribution in [0.15, 0.2) is 36.4 Å². The maximum absolute atomic E-state index is 12.6. The van der Waals surface area contributed by atoms with Gasteiger partial charge in [-0.05, 0) is 24.3 Å². The zero-order chi connectivity index (χ0) is 16.7. The van der Waals surface area contributed by atoms with Gasteiger partial charge in [0.25, 0.3) is 5.91 Å². The van der Waals surface area contributed by atoms with Gasteiger partial charge in [0.05, 0.1) is 12.7 Å². The van der Waals surface area contributed by atoms with Crippen LogP contribution in [0.2, 0.25) is 0 Å². The Hall–Kier alpha value is -2.89. The highest BCUT2D eigenvalue weighted by Gasteiger charge is 2.31. The van der Waals surface area contributed by atoms with Crippen molar-refractivity contribution in [3.05, 3.63) is 47.5 Å². The largest absolute Gasteiger partial charge is 0.493 e. The van der Waals surface area contributed by atoms with E-state index in [1.807, 2.05) is 36.4 Å². The van der Waals surface area contributed by atoms with Gasteiger partial charge in [0.15, 0.2) is 11.5 Å². The monoisotopic (exact) mass is 326 g/mol. The number of fused-ring (bicyclic) bond motifs is 2. The molecule has 0 spiro atoms. The molecule has 0 saturated heterocycles. The van der Waals surface area contributed by atoms with Crippen LogP contribution >= 0.6 is 0 Å². The highest BCUT2D eigenvalue weighted by Crippen LogP contribution is 2.43. The van der Waals surface area contributed by atoms with Gasteiger partial charge in [-0.1, -0.05) is 12.1 Å². The number of nitrogens with zero attached hydrogens (tertiary/aromatic N) is 1. The van der Waals surface area contributed by atoms with Crippen LogP contribution in [-0.2, 0) is 0 Å². The molecule has 1 N–H and O–H groups in total. The molecule has 2 aromatic carbocycles. The molecule has 4 rings (SSSR count). The summed E-state index contributed by atoms with van der Waals surface area (Å²) in [5.41, 5.74) is 2.36. The van der Waals surface area contributed by atoms with Crippen LogP contribution in [0.3, 0.4) is 0 Å². The van der Waals surface area contributed by atoms with Gasteiger partial charge in [0.1, 0.15) is 19.4 Å². The van der Waals surface area contributed by atoms with E-state index >= 15 is 0 Å². The van der Waals surface area contributed by atoms with Crippen molar-refractivity contribution in [1.29, 1.82) is 0 Å². The van der Waals surface area contributed by atoms with E-state index in [1.54, 1.807) is 19.1 Å². The zero-order valence-electron chi connectivity index (χ0n) is 13.5. The third-order valence-electron chi connectivity index (χ3n) is 4.32. The van der Waals surface area contributed by atoms with Crippen LogP contribution in [-0.4, -0.2) is 38.2 Å². The molecule has 2 aliphatic heterocycles. The lowest BCUT2D eigenvalue weighted by Gasteiger charge is -2.36. The van der Waals surface area contributed by atoms with Gasteiger partial charge in [-0.2, -0.15) is 0 Å². The molecule has 0 aliphatic carbocycles. The molecule has 0 unspecified atom stereocenters. The van der Waals surface area contributed by atoms with Crippen LogP contribution in [0.1, 0.15) is 22.1 Å². The molecule has 0 aromatic heterocycles. The number of anilines is 1. The Bertz CT molecular complexity index is 788. The topological polar surface area (TPSA) is 60.0 Å². The van der Waals surface area contributed by atoms with E-state index < -0.39 is 0 Å². The first-order valence-electron chi connectivity index (χ1n) is 7.79. The van der Waals surface area contributed by atoms with Gasteiger partial charge in [-0.15, -0.1) is 0 Å². The third kappa shape index (κ3) is 2.22. The van der Waals surface area contributed by atoms with Crippen molar-refractivity contribution in [3.63, 3.8) is 0 Å². The SMILES string of the molecule is COc1cc([C@@H]2Nc3ccccc3C(=O)N2C)cc2c1OCCO2. The second kappa shape index (κ2) is 5.63. The average Bonchev–Trinajstić information content (AvgIpc) is 2.63. The fraction of sp³-hybridized carbons (Fsp3) is 0.278. The van der Waals surface area contributed by atoms with Crippen LogP contribution in [0.25, 0.3) is 0 Å². The van der Waals surface area contributed by atoms with E-state index in [-0.39, 0.29) is 12.1 Å². The lowest BCUT2D eigenvalue weighted by molar-refractivity contribution is 0.0734. The summed E-state index contributed by atoms with van der Waals surface area (Å²) in [6.45, 7) is 0.992. The van der Waals surface area contributed by atoms with Crippen LogP contribution < -0.4 is 19.5 Å². The predicted molar refractivity (Wildman–Crippen MR) is 88.9 cm³/mol. The molecule has 2 aromatic rings. The number of ether oxygens (including phenoxy) is 3. The molecule has 24 heavy (non-hydrogen) atoms. The van der Waals surface area contributed by atoms with E-state index in [2.05, 4.69) is 5.32 Å². The third-order valence-corrected chi connectivity index (χ3v) is 4.32. The van der Waals surface area contributed by atoms with Gasteiger partial charge in [0, 0.05) is 18.3 Å². The van der Waals surface area contributed by atoms with Crippen molar-refractivity contribution in [3.8, 4) is 17.2 Å². The van der Waals surface area contributed by atoms with Crippen molar-refractivity contribution < 1.29 is 19.0 Å². The van der Waals surface area contributed by atoms with Crippen molar-refractivity contribution in [2.75, 3.05) is 32.7 Å². The first-order chi connectivity index (χ1) is 11.7. The van der Waals surface area contributed by atoms with Crippen molar-refractivity contribution in [2.45, 2.75) is 6.17 Å². The molecular formula is C18H18N2O4. The van der Waals surface area contributed by atoms with E-state index in [0.29, 0.717) is 36.0 Å². The van der Waals surface area contributed by atoms with Gasteiger partial charge in [0.2, 0.25) is 5.75 Å². The number of carbonyl (C=O) groups is 1. The molecule has 6 heteroatoms. The normalized spacial score (nSPS) is 18.7. The molecule has 0 fully saturated rings. The zero-order valence-corrected chi connectivity index (χ0v) is 13.5. The summed E-state index contributed by atoms with van der Waals surface area (Å²) in [7, 11) is 3.37. The maximum Gasteiger partial charge on any atom is 0.257 e. The second-order valence-electron chi connectivity index (χ2n) is 5.76. The van der Waals surface area contributed by atoms with Gasteiger partial charge >= 0.3 is 0 Å². The molecule has 124 valence electrons. The van der Waals surface area contributed by atoms with Gasteiger partial charge in [-0.3, -0.25) is 4.79 Å². The maximum atomic E-state index is 12.6. The quantitative estimate of drug-likeness (QED) is 0.919. The lowest BCUT2D eigenvalue weighted by Crippen LogP contribution is -2.40. The molecule has 1 atom stereocenters. The molecule has 2 aliphatic rings. The van der Waals surface area contributed by atoms with Crippen molar-refractivity contribution in [2.24, 2.45) is 0 Å². The summed E-state index contributed by atoms with van der Waals surface area (Å²) >= 11 is 0. The highest BCUT2D eigenvalue weighted by atomic mass is 16.6. The summed E-state index contributed by atoms with van der Waals surface area (Å²) in [6, 6.07) is 11.3. The molecule has 1 amide bonds. The summed E-state index contributed by atoms with van der Waals surface area (Å²) in [4.78, 5) is 14.3. The Morgan fingerprint density at radius 3 is 2.83 bits per heavy atom. The van der Waals surface area contributed by atoms with Crippen molar-refractivity contribution in [1.82, 2.24) is 4.90 Å². The first-order valence-corrected chi connectivity index (χ1v) is 7.79. The van der Waals surface area contributed by atoms with E-state index in [9.17, 15) is 4.79 Å². The van der Waals surface area contributed by atoms with E-state index in [4.69, 9.17) is 14.2 Å². The fourth-order valence-electron chi connectivity index (χ4n) is 3.11. The first kappa shape index (κ1) is 14.7. The van der Waals surface area contributed by atoms with E-state index in [1.165, 1.54) is 0 Å². The number of hydrogen-bond donors (Lipinski definition) is 1. The number of rotatable bonds is 2. The summed E-state index contributed by atoms with van der Waals surface area (Å²) in [5.74, 6) is 1.82. The van der Waals surface area contributed by atoms with E-state index in [0.717, 1.165) is 11.3 Å². The minimum atomic E-state index is -0.308. The number of nitrogens with one attached hydrogen (secondary N) is 1. The number of para-hydroxylation sites is 1. The molecule has 0 radical (unpaired) electrons. The molecule has 0 bridgehead atoms. The Kier molecular flexibility index (Phi) is 3.45. The van der Waals surface area contributed by atoms with Gasteiger partial charge < -0.3 is 24.4 Å². The number of methoxy groups -OCH3 is 1. The lowest BCUT2D eigenvalue weighted by atomic mass is 10.0. The van der Waals surface area contributed by atoms with Gasteiger partial charge in [-0.25, -0.2) is 0 Å². The van der Waals surface area contributed by atoms with Crippen molar-refractivity contribution >= 4 is 11.6 Å². The Morgan fingerprint density at radius 1 is 1.21 bits per heavy atom. The number of amides is 1. The molecule has 0 saturated carbocycles. The number of hydrogen-bond acceptors (Lipinski definition) is 5. The Balaban J connectivity index is 1.78. The minimum Gasteiger partial charge on any atom is -0.493 e. The highest BCUT2D eigenvalue weighted by molar-refractivity contribution is 6.01. The van der Waals surface area contributed by atoms with Crippen LogP contribution in [0.5, 0.6) is 17.2 Å². The fourth-order valence-corrected chi connectivity index (χ4v) is 3.11. The summed E-state index contributed by atoms with van der Waals surface area (Å²) in [5, 5.41) is 3.40. The summed E-state index contributed by atoms with van der Waals surface area (Å²) in [6.07, 6.45) is -0.308. The predicted octanol–water partition coefficient (Wildman–Crippen LogP) is 2.66. The standard InChI is InChI=1S/C18H18N2O4/c1-20-17(19-13-6-4-3-5-12(13)18(20)21)11-9-14(22-2)16-15(10-11)23-7-8-24-16/h3-6,9-10,17,19H,7-8H2,1-2H3/t17-/m1/s1. The Morgan fingerprint density at radius 2 is 2.00 bits per heavy atom. The minimum absolute atomic E-state index is 0.0248. The summed E-state index contributed by atoms with van der Waals surface area (Å²) < 4.78 is 16.8. The molecule has 6 nitrogen and oxygen atoms in total. The number of benzene rings is 2.